The first kappa shape index (κ1) is 15.4. The molecule has 0 bridgehead atoms. The Balaban J connectivity index is 2.59. The maximum Gasteiger partial charge on any atom is 0.234 e. The number of benzene rings is 1. The minimum Gasteiger partial charge on any atom is -0.316 e. The summed E-state index contributed by atoms with van der Waals surface area (Å²) in [5.74, 6) is -0.439. The van der Waals surface area contributed by atoms with Gasteiger partial charge in [-0.15, -0.1) is 0 Å². The maximum atomic E-state index is 12.9. The normalized spacial score (nSPS) is 11.5. The summed E-state index contributed by atoms with van der Waals surface area (Å²) < 4.78 is 39.1. The van der Waals surface area contributed by atoms with Crippen molar-refractivity contribution in [3.8, 4) is 0 Å². The monoisotopic (exact) mass is 338 g/mol. The Hall–Kier alpha value is -0.660. The summed E-state index contributed by atoms with van der Waals surface area (Å²) in [5, 5.41) is 3.01. The second-order valence-electron chi connectivity index (χ2n) is 3.80. The SMILES string of the molecule is CCCNCCS(=O)(=O)Nc1ccc(F)cc1Br. The Bertz CT molecular complexity index is 494. The molecule has 0 spiro atoms. The topological polar surface area (TPSA) is 58.2 Å². The Morgan fingerprint density at radius 1 is 1.33 bits per heavy atom. The zero-order chi connectivity index (χ0) is 13.6. The molecule has 0 saturated heterocycles. The third-order valence-corrected chi connectivity index (χ3v) is 4.10. The Morgan fingerprint density at radius 3 is 2.67 bits per heavy atom. The van der Waals surface area contributed by atoms with Crippen LogP contribution in [0.2, 0.25) is 0 Å². The van der Waals surface area contributed by atoms with Crippen LogP contribution in [0.1, 0.15) is 13.3 Å². The Labute approximate surface area is 115 Å². The van der Waals surface area contributed by atoms with Gasteiger partial charge in [0.1, 0.15) is 5.82 Å². The summed E-state index contributed by atoms with van der Waals surface area (Å²) >= 11 is 3.11. The van der Waals surface area contributed by atoms with Gasteiger partial charge >= 0.3 is 0 Å². The molecule has 0 radical (unpaired) electrons. The summed E-state index contributed by atoms with van der Waals surface area (Å²) in [6.07, 6.45) is 0.955. The van der Waals surface area contributed by atoms with Gasteiger partial charge in [0, 0.05) is 11.0 Å². The molecule has 102 valence electrons. The van der Waals surface area contributed by atoms with Gasteiger partial charge in [-0.3, -0.25) is 4.72 Å². The lowest BCUT2D eigenvalue weighted by Gasteiger charge is -2.10. The van der Waals surface area contributed by atoms with Crippen LogP contribution in [0.25, 0.3) is 0 Å². The molecular weight excluding hydrogens is 323 g/mol. The highest BCUT2D eigenvalue weighted by Crippen LogP contribution is 2.23. The van der Waals surface area contributed by atoms with Gasteiger partial charge in [0.15, 0.2) is 0 Å². The molecule has 0 amide bonds. The standard InChI is InChI=1S/C11H16BrFN2O2S/c1-2-5-14-6-7-18(16,17)15-11-4-3-9(13)8-10(11)12/h3-4,8,14-15H,2,5-7H2,1H3. The van der Waals surface area contributed by atoms with Crippen LogP contribution in [-0.2, 0) is 10.0 Å². The first-order valence-corrected chi connectivity index (χ1v) is 8.05. The molecule has 7 heteroatoms. The van der Waals surface area contributed by atoms with Crippen LogP contribution < -0.4 is 10.0 Å². The van der Waals surface area contributed by atoms with Crippen LogP contribution >= 0.6 is 15.9 Å². The van der Waals surface area contributed by atoms with Crippen molar-refractivity contribution in [2.75, 3.05) is 23.6 Å². The van der Waals surface area contributed by atoms with Crippen molar-refractivity contribution in [2.45, 2.75) is 13.3 Å². The molecule has 1 aromatic carbocycles. The lowest BCUT2D eigenvalue weighted by Crippen LogP contribution is -2.27. The second-order valence-corrected chi connectivity index (χ2v) is 6.49. The quantitative estimate of drug-likeness (QED) is 0.750. The molecule has 1 aromatic rings. The summed E-state index contributed by atoms with van der Waals surface area (Å²) in [5.41, 5.74) is 0.340. The number of anilines is 1. The van der Waals surface area contributed by atoms with Crippen LogP contribution in [0.15, 0.2) is 22.7 Å². The maximum absolute atomic E-state index is 12.9. The van der Waals surface area contributed by atoms with Gasteiger partial charge in [0.2, 0.25) is 10.0 Å². The van der Waals surface area contributed by atoms with Gasteiger partial charge in [-0.1, -0.05) is 6.92 Å². The summed E-state index contributed by atoms with van der Waals surface area (Å²) in [6.45, 7) is 3.19. The highest BCUT2D eigenvalue weighted by molar-refractivity contribution is 9.10. The van der Waals surface area contributed by atoms with Gasteiger partial charge in [-0.25, -0.2) is 12.8 Å². The number of hydrogen-bond acceptors (Lipinski definition) is 3. The lowest BCUT2D eigenvalue weighted by atomic mass is 10.3. The Kier molecular flexibility index (Phi) is 6.04. The minimum absolute atomic E-state index is 0.0170. The molecule has 0 atom stereocenters. The zero-order valence-electron chi connectivity index (χ0n) is 10.0. The van der Waals surface area contributed by atoms with E-state index in [1.807, 2.05) is 6.92 Å². The predicted octanol–water partition coefficient (Wildman–Crippen LogP) is 2.33. The van der Waals surface area contributed by atoms with Crippen molar-refractivity contribution >= 4 is 31.6 Å². The van der Waals surface area contributed by atoms with E-state index >= 15 is 0 Å². The van der Waals surface area contributed by atoms with Gasteiger partial charge in [-0.2, -0.15) is 0 Å². The summed E-state index contributed by atoms with van der Waals surface area (Å²) in [7, 11) is -3.42. The molecule has 0 heterocycles. The first-order valence-electron chi connectivity index (χ1n) is 5.61. The fourth-order valence-electron chi connectivity index (χ4n) is 1.30. The van der Waals surface area contributed by atoms with Gasteiger partial charge in [0.25, 0.3) is 0 Å². The van der Waals surface area contributed by atoms with Crippen LogP contribution in [0, 0.1) is 5.82 Å². The van der Waals surface area contributed by atoms with E-state index in [0.29, 0.717) is 16.7 Å². The molecule has 0 unspecified atom stereocenters. The average molecular weight is 339 g/mol. The van der Waals surface area contributed by atoms with Crippen molar-refractivity contribution in [1.29, 1.82) is 0 Å². The van der Waals surface area contributed by atoms with Crippen LogP contribution in [0.4, 0.5) is 10.1 Å². The molecule has 0 saturated carbocycles. The molecule has 0 fully saturated rings. The molecule has 0 aliphatic rings. The van der Waals surface area contributed by atoms with E-state index in [-0.39, 0.29) is 5.75 Å². The molecule has 1 rings (SSSR count). The van der Waals surface area contributed by atoms with E-state index in [4.69, 9.17) is 0 Å². The fourth-order valence-corrected chi connectivity index (χ4v) is 2.91. The highest BCUT2D eigenvalue weighted by atomic mass is 79.9. The molecule has 0 aliphatic heterocycles. The highest BCUT2D eigenvalue weighted by Gasteiger charge is 2.12. The number of hydrogen-bond donors (Lipinski definition) is 2. The third kappa shape index (κ3) is 5.32. The van der Waals surface area contributed by atoms with Crippen molar-refractivity contribution in [1.82, 2.24) is 5.32 Å². The molecule has 0 aliphatic carbocycles. The predicted molar refractivity (Wildman–Crippen MR) is 74.7 cm³/mol. The smallest absolute Gasteiger partial charge is 0.234 e. The lowest BCUT2D eigenvalue weighted by molar-refractivity contribution is 0.595. The third-order valence-electron chi connectivity index (χ3n) is 2.17. The van der Waals surface area contributed by atoms with Crippen LogP contribution in [0.3, 0.4) is 0 Å². The van der Waals surface area contributed by atoms with Crippen LogP contribution in [0.5, 0.6) is 0 Å². The molecule has 2 N–H and O–H groups in total. The van der Waals surface area contributed by atoms with Crippen molar-refractivity contribution in [3.05, 3.63) is 28.5 Å². The molecule has 18 heavy (non-hydrogen) atoms. The average Bonchev–Trinajstić information content (AvgIpc) is 2.28. The number of rotatable bonds is 7. The van der Waals surface area contributed by atoms with Crippen molar-refractivity contribution in [3.63, 3.8) is 0 Å². The summed E-state index contributed by atoms with van der Waals surface area (Å²) in [6, 6.07) is 3.81. The van der Waals surface area contributed by atoms with Gasteiger partial charge in [0.05, 0.1) is 11.4 Å². The molecule has 0 aromatic heterocycles. The fraction of sp³-hybridized carbons (Fsp3) is 0.455. The Morgan fingerprint density at radius 2 is 2.06 bits per heavy atom. The zero-order valence-corrected chi connectivity index (χ0v) is 12.4. The largest absolute Gasteiger partial charge is 0.316 e. The molecular formula is C11H16BrFN2O2S. The molecule has 4 nitrogen and oxygen atoms in total. The number of halogens is 2. The van der Waals surface area contributed by atoms with Gasteiger partial charge < -0.3 is 5.32 Å². The minimum atomic E-state index is -3.42. The van der Waals surface area contributed by atoms with E-state index < -0.39 is 15.8 Å². The van der Waals surface area contributed by atoms with Gasteiger partial charge in [-0.05, 0) is 47.1 Å². The van der Waals surface area contributed by atoms with Crippen LogP contribution in [-0.4, -0.2) is 27.3 Å². The van der Waals surface area contributed by atoms with E-state index in [2.05, 4.69) is 26.0 Å². The van der Waals surface area contributed by atoms with E-state index in [9.17, 15) is 12.8 Å². The van der Waals surface area contributed by atoms with Crippen molar-refractivity contribution in [2.24, 2.45) is 0 Å². The van der Waals surface area contributed by atoms with E-state index in [1.54, 1.807) is 0 Å². The number of nitrogens with one attached hydrogen (secondary N) is 2. The van der Waals surface area contributed by atoms with E-state index in [0.717, 1.165) is 13.0 Å². The van der Waals surface area contributed by atoms with Crippen molar-refractivity contribution < 1.29 is 12.8 Å². The number of sulfonamides is 1. The first-order chi connectivity index (χ1) is 8.44. The van der Waals surface area contributed by atoms with E-state index in [1.165, 1.54) is 18.2 Å². The summed E-state index contributed by atoms with van der Waals surface area (Å²) in [4.78, 5) is 0. The second kappa shape index (κ2) is 7.06.